The summed E-state index contributed by atoms with van der Waals surface area (Å²) in [6.45, 7) is 10.4. The van der Waals surface area contributed by atoms with Crippen molar-refractivity contribution in [3.05, 3.63) is 53.7 Å². The molecule has 0 N–H and O–H groups in total. The highest BCUT2D eigenvalue weighted by atomic mass is 79.9. The molecular weight excluding hydrogens is 656 g/mol. The van der Waals surface area contributed by atoms with Crippen molar-refractivity contribution in [3.63, 3.8) is 0 Å². The highest BCUT2D eigenvalue weighted by Gasteiger charge is 2.25. The highest BCUT2D eigenvalue weighted by molar-refractivity contribution is 9.15. The molecule has 0 aliphatic rings. The van der Waals surface area contributed by atoms with E-state index in [1.807, 2.05) is 0 Å². The zero-order valence-electron chi connectivity index (χ0n) is 16.1. The Labute approximate surface area is 206 Å². The predicted octanol–water partition coefficient (Wildman–Crippen LogP) is 5.09. The quantitative estimate of drug-likeness (QED) is 0.169. The monoisotopic (exact) mass is 670 g/mol. The van der Waals surface area contributed by atoms with Gasteiger partial charge in [-0.05, 0) is 77.6 Å². The van der Waals surface area contributed by atoms with Crippen molar-refractivity contribution in [2.45, 2.75) is 39.1 Å². The molecule has 11 heteroatoms. The maximum atomic E-state index is 13.3. The number of carbonyl (C=O) groups excluding carboxylic acids is 2. The number of benzene rings is 1. The van der Waals surface area contributed by atoms with Crippen molar-refractivity contribution >= 4 is 86.7 Å². The summed E-state index contributed by atoms with van der Waals surface area (Å²) >= 11 is 14.1. The molecule has 0 radical (unpaired) electrons. The summed E-state index contributed by atoms with van der Waals surface area (Å²) in [7, 11) is 0. The first-order valence-electron chi connectivity index (χ1n) is 8.64. The molecule has 0 saturated carbocycles. The van der Waals surface area contributed by atoms with E-state index in [-0.39, 0.29) is 18.8 Å². The van der Waals surface area contributed by atoms with Crippen molar-refractivity contribution in [2.75, 3.05) is 0 Å². The van der Waals surface area contributed by atoms with E-state index in [0.717, 1.165) is 12.2 Å². The first-order valence-corrected chi connectivity index (χ1v) is 11.8. The number of carbonyl (C=O) groups is 2. The van der Waals surface area contributed by atoms with Gasteiger partial charge in [0.2, 0.25) is 0 Å². The van der Waals surface area contributed by atoms with Gasteiger partial charge in [-0.1, -0.05) is 13.2 Å². The van der Waals surface area contributed by atoms with Crippen molar-refractivity contribution in [3.8, 4) is 0 Å². The van der Waals surface area contributed by atoms with Crippen LogP contribution in [-0.2, 0) is 32.2 Å². The molecular formula is C19H18Br4N2O5. The van der Waals surface area contributed by atoms with Gasteiger partial charge < -0.3 is 9.47 Å². The van der Waals surface area contributed by atoms with E-state index in [0.29, 0.717) is 28.9 Å². The second kappa shape index (κ2) is 10.4. The summed E-state index contributed by atoms with van der Waals surface area (Å²) in [5.74, 6) is -1.15. The molecule has 30 heavy (non-hydrogen) atoms. The van der Waals surface area contributed by atoms with Crippen LogP contribution in [0.4, 0.5) is 0 Å². The average molecular weight is 674 g/mol. The third-order valence-electron chi connectivity index (χ3n) is 4.07. The number of aromatic nitrogens is 2. The van der Waals surface area contributed by atoms with Crippen LogP contribution in [0, 0.1) is 0 Å². The normalized spacial score (nSPS) is 13.0. The number of ether oxygens (including phenoxy) is 2. The van der Waals surface area contributed by atoms with Crippen LogP contribution in [0.2, 0.25) is 0 Å². The third-order valence-corrected chi connectivity index (χ3v) is 8.79. The molecule has 2 unspecified atom stereocenters. The Morgan fingerprint density at radius 2 is 1.17 bits per heavy atom. The second-order valence-electron chi connectivity index (χ2n) is 6.36. The van der Waals surface area contributed by atoms with Crippen LogP contribution in [0.5, 0.6) is 0 Å². The molecule has 0 spiro atoms. The minimum Gasteiger partial charge on any atom is -0.458 e. The fourth-order valence-electron chi connectivity index (χ4n) is 2.86. The van der Waals surface area contributed by atoms with Gasteiger partial charge in [-0.2, -0.15) is 0 Å². The Bertz CT molecular complexity index is 1010. The van der Waals surface area contributed by atoms with Crippen molar-refractivity contribution in [1.82, 2.24) is 9.13 Å². The molecule has 7 nitrogen and oxygen atoms in total. The lowest BCUT2D eigenvalue weighted by Crippen LogP contribution is -2.32. The van der Waals surface area contributed by atoms with Crippen LogP contribution in [0.15, 0.2) is 48.0 Å². The number of hydrogen-bond acceptors (Lipinski definition) is 5. The fraction of sp³-hybridized carbons (Fsp3) is 0.316. The molecule has 1 aromatic carbocycles. The van der Waals surface area contributed by atoms with Gasteiger partial charge in [0.1, 0.15) is 12.2 Å². The summed E-state index contributed by atoms with van der Waals surface area (Å²) in [6.07, 6.45) is 0.962. The van der Waals surface area contributed by atoms with E-state index in [9.17, 15) is 14.4 Å². The maximum Gasteiger partial charge on any atom is 0.330 e. The van der Waals surface area contributed by atoms with Gasteiger partial charge in [0.25, 0.3) is 0 Å². The van der Waals surface area contributed by atoms with Gasteiger partial charge in [-0.25, -0.2) is 14.4 Å². The Kier molecular flexibility index (Phi) is 8.72. The zero-order valence-corrected chi connectivity index (χ0v) is 22.4. The van der Waals surface area contributed by atoms with E-state index >= 15 is 0 Å². The lowest BCUT2D eigenvalue weighted by molar-refractivity contribution is -0.143. The summed E-state index contributed by atoms with van der Waals surface area (Å²) in [5.41, 5.74) is 0.829. The van der Waals surface area contributed by atoms with Gasteiger partial charge in [-0.15, -0.1) is 0 Å². The molecule has 2 atom stereocenters. The number of esters is 2. The Morgan fingerprint density at radius 3 is 1.47 bits per heavy atom. The van der Waals surface area contributed by atoms with Gasteiger partial charge >= 0.3 is 17.6 Å². The lowest BCUT2D eigenvalue weighted by atomic mass is 10.3. The smallest absolute Gasteiger partial charge is 0.330 e. The number of nitrogens with zero attached hydrogens (tertiary/aromatic N) is 2. The van der Waals surface area contributed by atoms with Crippen molar-refractivity contribution in [1.29, 1.82) is 0 Å². The van der Waals surface area contributed by atoms with Gasteiger partial charge in [0, 0.05) is 21.1 Å². The number of rotatable bonds is 8. The number of fused-ring (bicyclic) bond motifs is 1. The topological polar surface area (TPSA) is 79.5 Å². The van der Waals surface area contributed by atoms with Gasteiger partial charge in [-0.3, -0.25) is 9.13 Å². The van der Waals surface area contributed by atoms with Crippen molar-refractivity contribution in [2.24, 2.45) is 0 Å². The van der Waals surface area contributed by atoms with E-state index in [1.165, 1.54) is 9.13 Å². The summed E-state index contributed by atoms with van der Waals surface area (Å²) in [6, 6.07) is 0. The Hall–Kier alpha value is -1.17. The van der Waals surface area contributed by atoms with Crippen LogP contribution < -0.4 is 5.69 Å². The van der Waals surface area contributed by atoms with E-state index in [1.54, 1.807) is 13.8 Å². The van der Waals surface area contributed by atoms with Crippen molar-refractivity contribution < 1.29 is 19.1 Å². The maximum absolute atomic E-state index is 13.3. The Morgan fingerprint density at radius 1 is 0.833 bits per heavy atom. The zero-order chi connectivity index (χ0) is 22.7. The molecule has 0 aliphatic heterocycles. The van der Waals surface area contributed by atoms with Crippen LogP contribution in [0.3, 0.4) is 0 Å². The molecule has 0 fully saturated rings. The molecule has 0 amide bonds. The molecule has 1 heterocycles. The van der Waals surface area contributed by atoms with Gasteiger partial charge in [0.05, 0.1) is 33.1 Å². The molecule has 2 aromatic rings. The largest absolute Gasteiger partial charge is 0.458 e. The second-order valence-corrected chi connectivity index (χ2v) is 9.53. The van der Waals surface area contributed by atoms with E-state index in [4.69, 9.17) is 9.47 Å². The summed E-state index contributed by atoms with van der Waals surface area (Å²) in [5, 5.41) is 0. The number of imidazole rings is 1. The SMILES string of the molecule is C=CC(=O)OC(C)Cn1c(=O)n(CC(C)OC(=O)C=C)c2c(Br)c(Br)c(Br)c(Br)c21. The Balaban J connectivity index is 2.66. The van der Waals surface area contributed by atoms with E-state index in [2.05, 4.69) is 76.9 Å². The molecule has 1 aromatic heterocycles. The standard InChI is InChI=1S/C19H18Br4N2O5/c1-5-11(26)29-9(3)7-24-17-15(22)13(20)14(21)16(23)18(17)25(19(24)28)8-10(4)30-12(27)6-2/h5-6,9-10H,1-2,7-8H2,3-4H3. The summed E-state index contributed by atoms with van der Waals surface area (Å²) < 4.78 is 16.2. The highest BCUT2D eigenvalue weighted by Crippen LogP contribution is 2.43. The minimum absolute atomic E-state index is 0.113. The molecule has 0 saturated heterocycles. The first kappa shape index (κ1) is 25.1. The fourth-order valence-corrected chi connectivity index (χ4v) is 5.36. The van der Waals surface area contributed by atoms with Crippen LogP contribution in [0.25, 0.3) is 11.0 Å². The predicted molar refractivity (Wildman–Crippen MR) is 129 cm³/mol. The number of hydrogen-bond donors (Lipinski definition) is 0. The van der Waals surface area contributed by atoms with E-state index < -0.39 is 24.1 Å². The third kappa shape index (κ3) is 5.17. The average Bonchev–Trinajstić information content (AvgIpc) is 2.96. The molecule has 162 valence electrons. The van der Waals surface area contributed by atoms with Gasteiger partial charge in [0.15, 0.2) is 0 Å². The van der Waals surface area contributed by atoms with Crippen LogP contribution in [-0.4, -0.2) is 33.3 Å². The molecule has 2 rings (SSSR count). The molecule has 0 aliphatic carbocycles. The van der Waals surface area contributed by atoms with Crippen LogP contribution >= 0.6 is 63.7 Å². The minimum atomic E-state index is -0.587. The van der Waals surface area contributed by atoms with Crippen LogP contribution in [0.1, 0.15) is 13.8 Å². The lowest BCUT2D eigenvalue weighted by Gasteiger charge is -2.14. The number of halogens is 4. The summed E-state index contributed by atoms with van der Waals surface area (Å²) in [4.78, 5) is 36.4. The first-order chi connectivity index (χ1) is 14.0. The molecule has 0 bridgehead atoms.